The molecule has 0 aliphatic rings. The second kappa shape index (κ2) is 7.10. The molecule has 0 heterocycles. The Kier molecular flexibility index (Phi) is 5.06. The molecule has 0 bridgehead atoms. The quantitative estimate of drug-likeness (QED) is 0.368. The molecule has 0 unspecified atom stereocenters. The molecule has 0 atom stereocenters. The molecule has 0 aliphatic heterocycles. The van der Waals surface area contributed by atoms with Crippen LogP contribution >= 0.6 is 11.6 Å². The second-order valence-electron chi connectivity index (χ2n) is 5.43. The average molecular weight is 384 g/mol. The van der Waals surface area contributed by atoms with Gasteiger partial charge in [0.1, 0.15) is 23.3 Å². The number of rotatable bonds is 3. The van der Waals surface area contributed by atoms with Crippen molar-refractivity contribution in [3.63, 3.8) is 0 Å². The van der Waals surface area contributed by atoms with E-state index in [-0.39, 0.29) is 9.79 Å². The SMILES string of the molecule is Cc1ccc([S+](c2cc(F)cc(F)c2)c2cc(F)cc(F)c2)cc1Cl. The lowest BCUT2D eigenvalue weighted by molar-refractivity contribution is 0.576. The average Bonchev–Trinajstić information content (AvgIpc) is 2.49. The molecule has 0 saturated heterocycles. The predicted molar refractivity (Wildman–Crippen MR) is 91.1 cm³/mol. The van der Waals surface area contributed by atoms with Crippen LogP contribution in [0.25, 0.3) is 0 Å². The molecule has 0 N–H and O–H groups in total. The zero-order valence-corrected chi connectivity index (χ0v) is 14.6. The molecule has 3 aromatic rings. The molecule has 3 rings (SSSR count). The van der Waals surface area contributed by atoms with Crippen LogP contribution in [0.2, 0.25) is 5.02 Å². The summed E-state index contributed by atoms with van der Waals surface area (Å²) in [6.45, 7) is 1.81. The largest absolute Gasteiger partial charge is 0.207 e. The number of hydrogen-bond donors (Lipinski definition) is 0. The van der Waals surface area contributed by atoms with E-state index in [0.717, 1.165) is 42.0 Å². The van der Waals surface area contributed by atoms with Gasteiger partial charge in [0, 0.05) is 47.5 Å². The molecular weight excluding hydrogens is 372 g/mol. The molecular formula is C19H12ClF4S+. The van der Waals surface area contributed by atoms with Crippen molar-refractivity contribution in [1.82, 2.24) is 0 Å². The van der Waals surface area contributed by atoms with Crippen LogP contribution in [-0.2, 0) is 10.9 Å². The van der Waals surface area contributed by atoms with Crippen molar-refractivity contribution in [2.75, 3.05) is 0 Å². The Labute approximate surface area is 150 Å². The Balaban J connectivity index is 2.25. The maximum absolute atomic E-state index is 13.7. The van der Waals surface area contributed by atoms with Crippen LogP contribution in [0.5, 0.6) is 0 Å². The first-order valence-electron chi connectivity index (χ1n) is 7.26. The Morgan fingerprint density at radius 1 is 0.640 bits per heavy atom. The molecule has 3 aromatic carbocycles. The van der Waals surface area contributed by atoms with Crippen LogP contribution in [0.3, 0.4) is 0 Å². The van der Waals surface area contributed by atoms with E-state index in [2.05, 4.69) is 0 Å². The summed E-state index contributed by atoms with van der Waals surface area (Å²) < 4.78 is 54.8. The minimum absolute atomic E-state index is 0.266. The molecule has 0 saturated carbocycles. The molecule has 0 radical (unpaired) electrons. The van der Waals surface area contributed by atoms with Crippen molar-refractivity contribution < 1.29 is 17.6 Å². The summed E-state index contributed by atoms with van der Waals surface area (Å²) in [5.41, 5.74) is 0.824. The van der Waals surface area contributed by atoms with E-state index in [4.69, 9.17) is 11.6 Å². The molecule has 0 aliphatic carbocycles. The summed E-state index contributed by atoms with van der Waals surface area (Å²) in [6.07, 6.45) is 0. The van der Waals surface area contributed by atoms with Gasteiger partial charge in [-0.25, -0.2) is 17.6 Å². The first kappa shape index (κ1) is 17.8. The monoisotopic (exact) mass is 383 g/mol. The molecule has 128 valence electrons. The Morgan fingerprint density at radius 3 is 1.48 bits per heavy atom. The molecule has 0 amide bonds. The highest BCUT2D eigenvalue weighted by atomic mass is 35.5. The van der Waals surface area contributed by atoms with Crippen LogP contribution in [0.15, 0.2) is 69.3 Å². The van der Waals surface area contributed by atoms with E-state index < -0.39 is 34.2 Å². The van der Waals surface area contributed by atoms with Crippen molar-refractivity contribution >= 4 is 22.5 Å². The Morgan fingerprint density at radius 2 is 1.08 bits per heavy atom. The van der Waals surface area contributed by atoms with Gasteiger partial charge in [0.25, 0.3) is 0 Å². The normalized spacial score (nSPS) is 11.2. The number of hydrogen-bond acceptors (Lipinski definition) is 0. The minimum Gasteiger partial charge on any atom is -0.207 e. The van der Waals surface area contributed by atoms with Crippen LogP contribution in [-0.4, -0.2) is 0 Å². The third kappa shape index (κ3) is 3.99. The van der Waals surface area contributed by atoms with Crippen molar-refractivity contribution in [1.29, 1.82) is 0 Å². The van der Waals surface area contributed by atoms with Gasteiger partial charge in [-0.05, 0) is 18.6 Å². The molecule has 0 aromatic heterocycles. The number of benzene rings is 3. The zero-order valence-electron chi connectivity index (χ0n) is 13.0. The lowest BCUT2D eigenvalue weighted by atomic mass is 10.2. The van der Waals surface area contributed by atoms with Crippen LogP contribution in [0.1, 0.15) is 5.56 Å². The Hall–Kier alpha value is -1.98. The van der Waals surface area contributed by atoms with Gasteiger partial charge in [-0.15, -0.1) is 0 Å². The first-order valence-corrected chi connectivity index (χ1v) is 8.86. The highest BCUT2D eigenvalue weighted by Crippen LogP contribution is 2.34. The fourth-order valence-electron chi connectivity index (χ4n) is 2.40. The predicted octanol–water partition coefficient (Wildman–Crippen LogP) is 6.30. The summed E-state index contributed by atoms with van der Waals surface area (Å²) in [5, 5.41) is 0.462. The lowest BCUT2D eigenvalue weighted by Crippen LogP contribution is -2.07. The molecule has 25 heavy (non-hydrogen) atoms. The van der Waals surface area contributed by atoms with E-state index >= 15 is 0 Å². The third-order valence-corrected chi connectivity index (χ3v) is 6.07. The summed E-state index contributed by atoms with van der Waals surface area (Å²) >= 11 is 6.17. The van der Waals surface area contributed by atoms with Gasteiger partial charge < -0.3 is 0 Å². The fourth-order valence-corrected chi connectivity index (χ4v) is 4.82. The Bertz CT molecular complexity index is 851. The van der Waals surface area contributed by atoms with Gasteiger partial charge in [-0.2, -0.15) is 0 Å². The zero-order chi connectivity index (χ0) is 18.1. The molecule has 0 fully saturated rings. The van der Waals surface area contributed by atoms with Crippen molar-refractivity contribution in [3.8, 4) is 0 Å². The van der Waals surface area contributed by atoms with E-state index in [1.807, 2.05) is 6.92 Å². The fraction of sp³-hybridized carbons (Fsp3) is 0.0526. The minimum atomic E-state index is -1.12. The highest BCUT2D eigenvalue weighted by Gasteiger charge is 2.31. The van der Waals surface area contributed by atoms with Gasteiger partial charge in [0.2, 0.25) is 0 Å². The van der Waals surface area contributed by atoms with E-state index in [1.165, 1.54) is 0 Å². The van der Waals surface area contributed by atoms with Crippen molar-refractivity contribution in [2.24, 2.45) is 0 Å². The second-order valence-corrected chi connectivity index (χ2v) is 7.86. The standard InChI is InChI=1S/C19H12ClF4S/c1-11-2-3-16(10-19(11)20)25(17-6-12(21)4-13(22)7-17)18-8-14(23)5-15(24)9-18/h2-10H,1H3/q+1. The van der Waals surface area contributed by atoms with Crippen LogP contribution in [0, 0.1) is 30.2 Å². The van der Waals surface area contributed by atoms with Gasteiger partial charge in [0.05, 0.1) is 10.9 Å². The number of aryl methyl sites for hydroxylation is 1. The molecule has 0 spiro atoms. The van der Waals surface area contributed by atoms with Crippen molar-refractivity contribution in [2.45, 2.75) is 21.6 Å². The maximum atomic E-state index is 13.7. The van der Waals surface area contributed by atoms with Crippen molar-refractivity contribution in [3.05, 3.63) is 88.5 Å². The van der Waals surface area contributed by atoms with E-state index in [0.29, 0.717) is 9.92 Å². The van der Waals surface area contributed by atoms with Crippen LogP contribution in [0.4, 0.5) is 17.6 Å². The van der Waals surface area contributed by atoms with E-state index in [1.54, 1.807) is 18.2 Å². The van der Waals surface area contributed by atoms with E-state index in [9.17, 15) is 17.6 Å². The summed E-state index contributed by atoms with van der Waals surface area (Å²) in [4.78, 5) is 1.13. The molecule has 0 nitrogen and oxygen atoms in total. The van der Waals surface area contributed by atoms with Gasteiger partial charge in [-0.1, -0.05) is 17.7 Å². The summed E-state index contributed by atoms with van der Waals surface area (Å²) in [5.74, 6) is -3.05. The summed E-state index contributed by atoms with van der Waals surface area (Å²) in [6, 6.07) is 11.3. The topological polar surface area (TPSA) is 0 Å². The smallest absolute Gasteiger partial charge is 0.172 e. The van der Waals surface area contributed by atoms with Gasteiger partial charge in [-0.3, -0.25) is 0 Å². The maximum Gasteiger partial charge on any atom is 0.172 e. The molecule has 6 heteroatoms. The van der Waals surface area contributed by atoms with Crippen LogP contribution < -0.4 is 0 Å². The first-order chi connectivity index (χ1) is 11.8. The summed E-state index contributed by atoms with van der Waals surface area (Å²) in [7, 11) is -1.12. The van der Waals surface area contributed by atoms with Gasteiger partial charge >= 0.3 is 0 Å². The number of halogens is 5. The lowest BCUT2D eigenvalue weighted by Gasteiger charge is -2.10. The highest BCUT2D eigenvalue weighted by molar-refractivity contribution is 7.97. The van der Waals surface area contributed by atoms with Gasteiger partial charge in [0.15, 0.2) is 14.7 Å². The third-order valence-electron chi connectivity index (χ3n) is 3.52.